The molecule has 29 heavy (non-hydrogen) atoms. The molecule has 0 atom stereocenters. The first-order valence-electron chi connectivity index (χ1n) is 9.79. The Morgan fingerprint density at radius 3 is 2.62 bits per heavy atom. The number of hydrogen-bond donors (Lipinski definition) is 1. The highest BCUT2D eigenvalue weighted by molar-refractivity contribution is 7.71. The van der Waals surface area contributed by atoms with Crippen LogP contribution in [0.4, 0.5) is 10.1 Å². The van der Waals surface area contributed by atoms with Gasteiger partial charge in [-0.1, -0.05) is 24.3 Å². The molecule has 0 saturated carbocycles. The summed E-state index contributed by atoms with van der Waals surface area (Å²) < 4.78 is 27.0. The number of piperazine rings is 1. The van der Waals surface area contributed by atoms with Gasteiger partial charge in [0.25, 0.3) is 4.84 Å². The highest BCUT2D eigenvalue weighted by Gasteiger charge is 2.23. The normalized spacial score (nSPS) is 14.9. The zero-order valence-electron chi connectivity index (χ0n) is 16.3. The van der Waals surface area contributed by atoms with Crippen molar-refractivity contribution in [1.82, 2.24) is 9.78 Å². The van der Waals surface area contributed by atoms with Gasteiger partial charge in [-0.05, 0) is 43.4 Å². The Kier molecular flexibility index (Phi) is 5.92. The molecule has 4 rings (SSSR count). The van der Waals surface area contributed by atoms with Gasteiger partial charge in [0.1, 0.15) is 11.6 Å². The standard InChI is InChI=1S/C21H23FN4O2S/c1-2-27-19-10-6-5-9-18(19)25-13-11-24(12-14-25)15-26-21(29)28-20(23-26)16-7-3-4-8-17(16)22/h3-10H,2,11-15H2,1H3/p+1. The molecule has 0 aliphatic carbocycles. The molecular formula is C21H24FN4O2S+. The lowest BCUT2D eigenvalue weighted by atomic mass is 10.2. The van der Waals surface area contributed by atoms with Crippen LogP contribution in [0.5, 0.6) is 5.75 Å². The average Bonchev–Trinajstić information content (AvgIpc) is 3.10. The summed E-state index contributed by atoms with van der Waals surface area (Å²) in [6, 6.07) is 14.6. The van der Waals surface area contributed by atoms with Crippen molar-refractivity contribution < 1.29 is 18.4 Å². The Labute approximate surface area is 174 Å². The zero-order valence-corrected chi connectivity index (χ0v) is 17.1. The Morgan fingerprint density at radius 2 is 1.86 bits per heavy atom. The number of quaternary nitrogens is 1. The molecule has 0 amide bonds. The van der Waals surface area contributed by atoms with Crippen LogP contribution in [0.2, 0.25) is 0 Å². The molecule has 1 N–H and O–H groups in total. The van der Waals surface area contributed by atoms with Crippen molar-refractivity contribution in [2.45, 2.75) is 13.6 Å². The Morgan fingerprint density at radius 1 is 1.14 bits per heavy atom. The number of halogens is 1. The summed E-state index contributed by atoms with van der Waals surface area (Å²) in [5.74, 6) is 0.772. The summed E-state index contributed by atoms with van der Waals surface area (Å²) in [6.07, 6.45) is 0. The molecule has 1 fully saturated rings. The minimum atomic E-state index is -0.371. The lowest BCUT2D eigenvalue weighted by Gasteiger charge is -2.34. The van der Waals surface area contributed by atoms with E-state index >= 15 is 0 Å². The summed E-state index contributed by atoms with van der Waals surface area (Å²) >= 11 is 5.30. The number of anilines is 1. The molecule has 1 aliphatic rings. The van der Waals surface area contributed by atoms with Gasteiger partial charge in [0.05, 0.1) is 44.0 Å². The van der Waals surface area contributed by atoms with Crippen LogP contribution in [0.15, 0.2) is 52.9 Å². The summed E-state index contributed by atoms with van der Waals surface area (Å²) in [6.45, 7) is 6.93. The van der Waals surface area contributed by atoms with E-state index in [-0.39, 0.29) is 16.5 Å². The number of hydrogen-bond acceptors (Lipinski definition) is 5. The van der Waals surface area contributed by atoms with Crippen LogP contribution in [-0.2, 0) is 6.67 Å². The lowest BCUT2D eigenvalue weighted by Crippen LogP contribution is -3.14. The van der Waals surface area contributed by atoms with Crippen LogP contribution in [0.1, 0.15) is 6.92 Å². The average molecular weight is 416 g/mol. The third-order valence-electron chi connectivity index (χ3n) is 5.06. The number of aromatic nitrogens is 2. The van der Waals surface area contributed by atoms with Crippen molar-refractivity contribution in [2.24, 2.45) is 0 Å². The molecule has 2 heterocycles. The highest BCUT2D eigenvalue weighted by Crippen LogP contribution is 2.27. The summed E-state index contributed by atoms with van der Waals surface area (Å²) in [7, 11) is 0. The van der Waals surface area contributed by atoms with Gasteiger partial charge in [-0.15, -0.1) is 5.10 Å². The fraction of sp³-hybridized carbons (Fsp3) is 0.333. The van der Waals surface area contributed by atoms with Gasteiger partial charge in [-0.25, -0.2) is 4.39 Å². The Balaban J connectivity index is 1.42. The monoisotopic (exact) mass is 415 g/mol. The minimum absolute atomic E-state index is 0.219. The second-order valence-electron chi connectivity index (χ2n) is 6.95. The van der Waals surface area contributed by atoms with Crippen molar-refractivity contribution in [3.8, 4) is 17.2 Å². The molecule has 0 spiro atoms. The van der Waals surface area contributed by atoms with E-state index in [0.29, 0.717) is 18.8 Å². The molecular weight excluding hydrogens is 391 g/mol. The first kappa shape index (κ1) is 19.6. The van der Waals surface area contributed by atoms with E-state index in [1.165, 1.54) is 11.0 Å². The van der Waals surface area contributed by atoms with Crippen LogP contribution in [0.3, 0.4) is 0 Å². The first-order chi connectivity index (χ1) is 14.2. The van der Waals surface area contributed by atoms with Crippen LogP contribution in [0.25, 0.3) is 11.5 Å². The Hall–Kier alpha value is -2.71. The fourth-order valence-corrected chi connectivity index (χ4v) is 3.76. The molecule has 8 heteroatoms. The maximum atomic E-state index is 14.0. The lowest BCUT2D eigenvalue weighted by molar-refractivity contribution is -0.924. The third-order valence-corrected chi connectivity index (χ3v) is 5.35. The molecule has 6 nitrogen and oxygen atoms in total. The molecule has 2 aromatic carbocycles. The number of nitrogens with one attached hydrogen (secondary N) is 1. The topological polar surface area (TPSA) is 47.9 Å². The van der Waals surface area contributed by atoms with Crippen molar-refractivity contribution >= 4 is 17.9 Å². The molecule has 152 valence electrons. The number of benzene rings is 2. The van der Waals surface area contributed by atoms with E-state index in [4.69, 9.17) is 21.4 Å². The smallest absolute Gasteiger partial charge is 0.292 e. The second kappa shape index (κ2) is 8.75. The van der Waals surface area contributed by atoms with Gasteiger partial charge in [-0.3, -0.25) is 0 Å². The molecule has 1 saturated heterocycles. The quantitative estimate of drug-likeness (QED) is 0.628. The number of para-hydroxylation sites is 2. The van der Waals surface area contributed by atoms with E-state index in [1.807, 2.05) is 25.1 Å². The number of ether oxygens (including phenoxy) is 1. The van der Waals surface area contributed by atoms with E-state index in [9.17, 15) is 4.39 Å². The van der Waals surface area contributed by atoms with Gasteiger partial charge < -0.3 is 19.0 Å². The molecule has 0 unspecified atom stereocenters. The predicted octanol–water partition coefficient (Wildman–Crippen LogP) is 2.77. The highest BCUT2D eigenvalue weighted by atomic mass is 32.1. The van der Waals surface area contributed by atoms with Crippen LogP contribution in [-0.4, -0.2) is 42.6 Å². The van der Waals surface area contributed by atoms with Gasteiger partial charge in [0, 0.05) is 0 Å². The first-order valence-corrected chi connectivity index (χ1v) is 10.2. The number of rotatable bonds is 6. The summed E-state index contributed by atoms with van der Waals surface area (Å²) in [5, 5.41) is 4.40. The van der Waals surface area contributed by atoms with Gasteiger partial charge in [0.15, 0.2) is 6.67 Å². The Bertz CT molecular complexity index is 1030. The third kappa shape index (κ3) is 4.33. The maximum Gasteiger partial charge on any atom is 0.292 e. The van der Waals surface area contributed by atoms with Crippen molar-refractivity contribution in [2.75, 3.05) is 37.7 Å². The fourth-order valence-electron chi connectivity index (χ4n) is 3.58. The zero-order chi connectivity index (χ0) is 20.2. The maximum absolute atomic E-state index is 14.0. The van der Waals surface area contributed by atoms with Crippen molar-refractivity contribution in [3.05, 3.63) is 59.2 Å². The molecule has 3 aromatic rings. The second-order valence-corrected chi connectivity index (χ2v) is 7.30. The van der Waals surface area contributed by atoms with Crippen molar-refractivity contribution in [1.29, 1.82) is 0 Å². The van der Waals surface area contributed by atoms with E-state index < -0.39 is 0 Å². The van der Waals surface area contributed by atoms with Crippen LogP contribution < -0.4 is 14.5 Å². The number of nitrogens with zero attached hydrogens (tertiary/aromatic N) is 3. The SMILES string of the molecule is CCOc1ccccc1N1CC[NH+](Cn2nc(-c3ccccc3F)oc2=S)CC1. The molecule has 1 aliphatic heterocycles. The molecule has 1 aromatic heterocycles. The molecule has 0 bridgehead atoms. The minimum Gasteiger partial charge on any atom is -0.492 e. The van der Waals surface area contributed by atoms with Crippen molar-refractivity contribution in [3.63, 3.8) is 0 Å². The van der Waals surface area contributed by atoms with Gasteiger partial charge >= 0.3 is 0 Å². The van der Waals surface area contributed by atoms with Crippen LogP contribution >= 0.6 is 12.2 Å². The van der Waals surface area contributed by atoms with E-state index in [2.05, 4.69) is 16.1 Å². The van der Waals surface area contributed by atoms with Crippen LogP contribution in [0, 0.1) is 10.7 Å². The largest absolute Gasteiger partial charge is 0.492 e. The predicted molar refractivity (Wildman–Crippen MR) is 111 cm³/mol. The summed E-state index contributed by atoms with van der Waals surface area (Å²) in [5.41, 5.74) is 1.46. The summed E-state index contributed by atoms with van der Waals surface area (Å²) in [4.78, 5) is 3.96. The van der Waals surface area contributed by atoms with Gasteiger partial charge in [0.2, 0.25) is 5.89 Å². The van der Waals surface area contributed by atoms with E-state index in [0.717, 1.165) is 37.6 Å². The van der Waals surface area contributed by atoms with Gasteiger partial charge in [-0.2, -0.15) is 4.68 Å². The molecule has 0 radical (unpaired) electrons. The van der Waals surface area contributed by atoms with E-state index in [1.54, 1.807) is 22.9 Å².